The van der Waals surface area contributed by atoms with Crippen LogP contribution in [0.4, 0.5) is 0 Å². The summed E-state index contributed by atoms with van der Waals surface area (Å²) in [7, 11) is 0. The molecule has 1 aliphatic rings. The number of rotatable bonds is 8. The zero-order valence-electron chi connectivity index (χ0n) is 13.6. The van der Waals surface area contributed by atoms with Crippen LogP contribution in [-0.2, 0) is 0 Å². The van der Waals surface area contributed by atoms with Crippen LogP contribution in [0.5, 0.6) is 0 Å². The van der Waals surface area contributed by atoms with E-state index in [4.69, 9.17) is 0 Å². The van der Waals surface area contributed by atoms with Crippen molar-refractivity contribution < 1.29 is 0 Å². The molecule has 2 unspecified atom stereocenters. The Hall–Kier alpha value is -0.0800. The minimum atomic E-state index is 0.733. The Balaban J connectivity index is 2.61. The molecule has 2 heteroatoms. The first-order valence-corrected chi connectivity index (χ1v) is 8.80. The summed E-state index contributed by atoms with van der Waals surface area (Å²) in [4.78, 5) is 2.75. The van der Waals surface area contributed by atoms with Crippen molar-refractivity contribution in [3.8, 4) is 0 Å². The lowest BCUT2D eigenvalue weighted by Crippen LogP contribution is -2.51. The summed E-state index contributed by atoms with van der Waals surface area (Å²) in [5.41, 5.74) is 0. The topological polar surface area (TPSA) is 15.3 Å². The molecular formula is C17H36N2. The zero-order chi connectivity index (χ0) is 13.9. The average molecular weight is 268 g/mol. The molecule has 0 bridgehead atoms. The Morgan fingerprint density at radius 2 is 1.68 bits per heavy atom. The van der Waals surface area contributed by atoms with E-state index < -0.39 is 0 Å². The predicted molar refractivity (Wildman–Crippen MR) is 85.7 cm³/mol. The van der Waals surface area contributed by atoms with E-state index in [0.29, 0.717) is 0 Å². The third-order valence-electron chi connectivity index (χ3n) is 4.56. The smallest absolute Gasteiger partial charge is 0.0249 e. The minimum Gasteiger partial charge on any atom is -0.312 e. The molecule has 0 aliphatic heterocycles. The third kappa shape index (κ3) is 6.27. The maximum absolute atomic E-state index is 3.84. The molecule has 0 aromatic heterocycles. The summed E-state index contributed by atoms with van der Waals surface area (Å²) in [6, 6.07) is 1.51. The van der Waals surface area contributed by atoms with Crippen molar-refractivity contribution in [1.82, 2.24) is 10.2 Å². The predicted octanol–water partition coefficient (Wildman–Crippen LogP) is 4.20. The van der Waals surface area contributed by atoms with E-state index in [1.54, 1.807) is 0 Å². The average Bonchev–Trinajstić information content (AvgIpc) is 2.40. The van der Waals surface area contributed by atoms with Crippen LogP contribution in [0.2, 0.25) is 0 Å². The van der Waals surface area contributed by atoms with Crippen molar-refractivity contribution >= 4 is 0 Å². The van der Waals surface area contributed by atoms with Gasteiger partial charge in [-0.15, -0.1) is 0 Å². The van der Waals surface area contributed by atoms with E-state index in [-0.39, 0.29) is 0 Å². The first-order valence-electron chi connectivity index (χ1n) is 8.80. The summed E-state index contributed by atoms with van der Waals surface area (Å²) in [5, 5.41) is 3.84. The number of hydrogen-bond donors (Lipinski definition) is 1. The zero-order valence-corrected chi connectivity index (χ0v) is 13.6. The molecule has 2 atom stereocenters. The number of likely N-dealkylation sites (N-methyl/N-ethyl adjacent to an activating group) is 1. The molecule has 0 heterocycles. The standard InChI is InChI=1S/C17H36N2/c1-4-7-15-19(6-3)17-13-11-9-8-10-12-16(17)18-14-5-2/h16-18H,4-15H2,1-3H3. The fourth-order valence-corrected chi connectivity index (χ4v) is 3.39. The summed E-state index contributed by atoms with van der Waals surface area (Å²) in [6.07, 6.45) is 12.4. The Bertz CT molecular complexity index is 203. The molecule has 1 saturated carbocycles. The van der Waals surface area contributed by atoms with E-state index in [1.165, 1.54) is 77.4 Å². The Morgan fingerprint density at radius 1 is 0.947 bits per heavy atom. The SMILES string of the molecule is CCCCN(CC)C1CCCCCCC1NCCC. The van der Waals surface area contributed by atoms with Gasteiger partial charge in [-0.05, 0) is 45.3 Å². The maximum atomic E-state index is 3.84. The third-order valence-corrected chi connectivity index (χ3v) is 4.56. The Labute approximate surface area is 121 Å². The Morgan fingerprint density at radius 3 is 2.32 bits per heavy atom. The van der Waals surface area contributed by atoms with Crippen molar-refractivity contribution in [3.63, 3.8) is 0 Å². The van der Waals surface area contributed by atoms with Gasteiger partial charge in [-0.1, -0.05) is 52.9 Å². The van der Waals surface area contributed by atoms with Crippen molar-refractivity contribution in [2.75, 3.05) is 19.6 Å². The molecule has 0 aromatic rings. The first-order chi connectivity index (χ1) is 9.33. The van der Waals surface area contributed by atoms with Crippen LogP contribution in [0.15, 0.2) is 0 Å². The molecule has 0 saturated heterocycles. The van der Waals surface area contributed by atoms with Crippen molar-refractivity contribution in [3.05, 3.63) is 0 Å². The quantitative estimate of drug-likeness (QED) is 0.710. The van der Waals surface area contributed by atoms with Gasteiger partial charge in [-0.3, -0.25) is 4.90 Å². The second kappa shape index (κ2) is 10.7. The maximum Gasteiger partial charge on any atom is 0.0249 e. The molecule has 1 rings (SSSR count). The monoisotopic (exact) mass is 268 g/mol. The highest BCUT2D eigenvalue weighted by Gasteiger charge is 2.26. The molecule has 19 heavy (non-hydrogen) atoms. The molecule has 1 N–H and O–H groups in total. The van der Waals surface area contributed by atoms with Crippen LogP contribution in [0.1, 0.15) is 78.6 Å². The van der Waals surface area contributed by atoms with Gasteiger partial charge in [-0.25, -0.2) is 0 Å². The van der Waals surface area contributed by atoms with Crippen LogP contribution in [0, 0.1) is 0 Å². The lowest BCUT2D eigenvalue weighted by atomic mass is 9.90. The van der Waals surface area contributed by atoms with Gasteiger partial charge in [0.15, 0.2) is 0 Å². The van der Waals surface area contributed by atoms with Gasteiger partial charge in [-0.2, -0.15) is 0 Å². The summed E-state index contributed by atoms with van der Waals surface area (Å²) >= 11 is 0. The van der Waals surface area contributed by atoms with Gasteiger partial charge in [0, 0.05) is 12.1 Å². The second-order valence-electron chi connectivity index (χ2n) is 6.10. The van der Waals surface area contributed by atoms with E-state index in [1.807, 2.05) is 0 Å². The molecule has 1 fully saturated rings. The summed E-state index contributed by atoms with van der Waals surface area (Å²) in [5.74, 6) is 0. The fraction of sp³-hybridized carbons (Fsp3) is 1.00. The van der Waals surface area contributed by atoms with E-state index in [9.17, 15) is 0 Å². The number of hydrogen-bond acceptors (Lipinski definition) is 2. The van der Waals surface area contributed by atoms with Crippen LogP contribution in [0.25, 0.3) is 0 Å². The lowest BCUT2D eigenvalue weighted by Gasteiger charge is -2.38. The molecule has 1 aliphatic carbocycles. The second-order valence-corrected chi connectivity index (χ2v) is 6.10. The number of nitrogens with one attached hydrogen (secondary N) is 1. The number of unbranched alkanes of at least 4 members (excludes halogenated alkanes) is 1. The van der Waals surface area contributed by atoms with E-state index >= 15 is 0 Å². The van der Waals surface area contributed by atoms with Gasteiger partial charge in [0.25, 0.3) is 0 Å². The molecule has 0 aromatic carbocycles. The largest absolute Gasteiger partial charge is 0.312 e. The van der Waals surface area contributed by atoms with Crippen LogP contribution in [-0.4, -0.2) is 36.6 Å². The lowest BCUT2D eigenvalue weighted by molar-refractivity contribution is 0.137. The fourth-order valence-electron chi connectivity index (χ4n) is 3.39. The first kappa shape index (κ1) is 17.0. The van der Waals surface area contributed by atoms with Gasteiger partial charge < -0.3 is 5.32 Å². The van der Waals surface area contributed by atoms with Gasteiger partial charge in [0.05, 0.1) is 0 Å². The highest BCUT2D eigenvalue weighted by molar-refractivity contribution is 4.85. The molecule has 114 valence electrons. The molecule has 0 amide bonds. The highest BCUT2D eigenvalue weighted by Crippen LogP contribution is 2.22. The van der Waals surface area contributed by atoms with Gasteiger partial charge in [0.2, 0.25) is 0 Å². The van der Waals surface area contributed by atoms with Gasteiger partial charge >= 0.3 is 0 Å². The highest BCUT2D eigenvalue weighted by atomic mass is 15.2. The molecule has 0 spiro atoms. The van der Waals surface area contributed by atoms with Crippen molar-refractivity contribution in [2.45, 2.75) is 90.6 Å². The molecular weight excluding hydrogens is 232 g/mol. The van der Waals surface area contributed by atoms with E-state index in [2.05, 4.69) is 31.0 Å². The minimum absolute atomic E-state index is 0.733. The normalized spacial score (nSPS) is 25.3. The van der Waals surface area contributed by atoms with Crippen LogP contribution < -0.4 is 5.32 Å². The van der Waals surface area contributed by atoms with E-state index in [0.717, 1.165) is 12.1 Å². The van der Waals surface area contributed by atoms with Crippen molar-refractivity contribution in [2.24, 2.45) is 0 Å². The van der Waals surface area contributed by atoms with Gasteiger partial charge in [0.1, 0.15) is 0 Å². The Kier molecular flexibility index (Phi) is 9.54. The van der Waals surface area contributed by atoms with Crippen molar-refractivity contribution in [1.29, 1.82) is 0 Å². The number of nitrogens with zero attached hydrogens (tertiary/aromatic N) is 1. The van der Waals surface area contributed by atoms with Crippen LogP contribution in [0.3, 0.4) is 0 Å². The summed E-state index contributed by atoms with van der Waals surface area (Å²) < 4.78 is 0. The molecule has 0 radical (unpaired) electrons. The summed E-state index contributed by atoms with van der Waals surface area (Å²) in [6.45, 7) is 10.6. The molecule has 2 nitrogen and oxygen atoms in total. The van der Waals surface area contributed by atoms with Crippen LogP contribution >= 0.6 is 0 Å².